The molecule has 0 saturated heterocycles. The number of aliphatic hydroxyl groups is 1. The first kappa shape index (κ1) is 11.5. The number of hydrogen-bond acceptors (Lipinski definition) is 2. The van der Waals surface area contributed by atoms with Gasteiger partial charge in [-0.3, -0.25) is 0 Å². The van der Waals surface area contributed by atoms with Crippen LogP contribution in [0, 0.1) is 0 Å². The molecule has 0 amide bonds. The highest BCUT2D eigenvalue weighted by atomic mass is 35.5. The standard InChI is InChI=1S/C13H16ClNO/c1-10-5-7-15(8-6-10)13-11(9-16)3-2-4-12(13)14/h2-5,16H,6-9H2,1H3. The molecule has 0 bridgehead atoms. The molecule has 0 spiro atoms. The number of hydrogen-bond donors (Lipinski definition) is 1. The molecule has 16 heavy (non-hydrogen) atoms. The summed E-state index contributed by atoms with van der Waals surface area (Å²) >= 11 is 6.20. The number of anilines is 1. The number of benzene rings is 1. The Kier molecular flexibility index (Phi) is 3.52. The Morgan fingerprint density at radius 3 is 2.88 bits per heavy atom. The Hall–Kier alpha value is -0.990. The van der Waals surface area contributed by atoms with Crippen LogP contribution in [0.4, 0.5) is 5.69 Å². The minimum atomic E-state index is 0.0368. The van der Waals surface area contributed by atoms with Gasteiger partial charge in [0.1, 0.15) is 0 Å². The van der Waals surface area contributed by atoms with Crippen molar-refractivity contribution in [3.8, 4) is 0 Å². The molecular formula is C13H16ClNO. The Bertz CT molecular complexity index is 414. The van der Waals surface area contributed by atoms with E-state index in [2.05, 4.69) is 17.9 Å². The molecule has 1 aromatic carbocycles. The van der Waals surface area contributed by atoms with E-state index in [-0.39, 0.29) is 6.61 Å². The van der Waals surface area contributed by atoms with E-state index in [1.165, 1.54) is 5.57 Å². The highest BCUT2D eigenvalue weighted by Crippen LogP contribution is 2.31. The smallest absolute Gasteiger partial charge is 0.0702 e. The Morgan fingerprint density at radius 2 is 2.25 bits per heavy atom. The molecular weight excluding hydrogens is 222 g/mol. The average molecular weight is 238 g/mol. The van der Waals surface area contributed by atoms with Crippen LogP contribution in [0.2, 0.25) is 5.02 Å². The van der Waals surface area contributed by atoms with Gasteiger partial charge >= 0.3 is 0 Å². The Balaban J connectivity index is 2.33. The minimum Gasteiger partial charge on any atom is -0.392 e. The lowest BCUT2D eigenvalue weighted by Crippen LogP contribution is -2.29. The van der Waals surface area contributed by atoms with Gasteiger partial charge in [-0.2, -0.15) is 0 Å². The van der Waals surface area contributed by atoms with Gasteiger partial charge in [0, 0.05) is 18.7 Å². The van der Waals surface area contributed by atoms with E-state index >= 15 is 0 Å². The number of halogens is 1. The van der Waals surface area contributed by atoms with Gasteiger partial charge in [-0.05, 0) is 19.4 Å². The van der Waals surface area contributed by atoms with E-state index in [4.69, 9.17) is 11.6 Å². The van der Waals surface area contributed by atoms with Crippen molar-refractivity contribution in [1.82, 2.24) is 0 Å². The average Bonchev–Trinajstić information content (AvgIpc) is 2.30. The van der Waals surface area contributed by atoms with Crippen LogP contribution in [0.3, 0.4) is 0 Å². The lowest BCUT2D eigenvalue weighted by molar-refractivity contribution is 0.282. The van der Waals surface area contributed by atoms with Gasteiger partial charge in [-0.25, -0.2) is 0 Å². The Labute approximate surface area is 101 Å². The SMILES string of the molecule is CC1=CCN(c2c(Cl)cccc2CO)CC1. The highest BCUT2D eigenvalue weighted by Gasteiger charge is 2.16. The van der Waals surface area contributed by atoms with Crippen molar-refractivity contribution in [1.29, 1.82) is 0 Å². The molecule has 0 aromatic heterocycles. The summed E-state index contributed by atoms with van der Waals surface area (Å²) in [4.78, 5) is 2.22. The molecule has 86 valence electrons. The van der Waals surface area contributed by atoms with Gasteiger partial charge in [-0.1, -0.05) is 35.4 Å². The van der Waals surface area contributed by atoms with Gasteiger partial charge in [0.05, 0.1) is 17.3 Å². The van der Waals surface area contributed by atoms with E-state index in [1.807, 2.05) is 18.2 Å². The summed E-state index contributed by atoms with van der Waals surface area (Å²) in [6.45, 7) is 4.04. The molecule has 0 radical (unpaired) electrons. The molecule has 0 atom stereocenters. The van der Waals surface area contributed by atoms with Gasteiger partial charge in [0.2, 0.25) is 0 Å². The number of aliphatic hydroxyl groups excluding tert-OH is 1. The quantitative estimate of drug-likeness (QED) is 0.800. The van der Waals surface area contributed by atoms with E-state index in [1.54, 1.807) is 0 Å². The van der Waals surface area contributed by atoms with Crippen LogP contribution in [0.15, 0.2) is 29.8 Å². The zero-order valence-electron chi connectivity index (χ0n) is 9.41. The fourth-order valence-corrected chi connectivity index (χ4v) is 2.33. The second-order valence-corrected chi connectivity index (χ2v) is 4.56. The maximum absolute atomic E-state index is 9.32. The van der Waals surface area contributed by atoms with E-state index in [0.717, 1.165) is 35.8 Å². The third-order valence-corrected chi connectivity index (χ3v) is 3.30. The topological polar surface area (TPSA) is 23.5 Å². The summed E-state index contributed by atoms with van der Waals surface area (Å²) in [7, 11) is 0. The van der Waals surface area contributed by atoms with E-state index in [9.17, 15) is 5.11 Å². The first-order chi connectivity index (χ1) is 7.72. The van der Waals surface area contributed by atoms with Crippen molar-refractivity contribution in [2.45, 2.75) is 20.0 Å². The minimum absolute atomic E-state index is 0.0368. The Morgan fingerprint density at radius 1 is 1.44 bits per heavy atom. The molecule has 1 aliphatic heterocycles. The summed E-state index contributed by atoms with van der Waals surface area (Å²) in [6, 6.07) is 5.68. The van der Waals surface area contributed by atoms with Crippen LogP contribution in [-0.4, -0.2) is 18.2 Å². The summed E-state index contributed by atoms with van der Waals surface area (Å²) in [5.41, 5.74) is 3.31. The largest absolute Gasteiger partial charge is 0.392 e. The predicted molar refractivity (Wildman–Crippen MR) is 68.0 cm³/mol. The van der Waals surface area contributed by atoms with Crippen molar-refractivity contribution in [3.63, 3.8) is 0 Å². The van der Waals surface area contributed by atoms with Crippen LogP contribution in [0.25, 0.3) is 0 Å². The first-order valence-electron chi connectivity index (χ1n) is 5.51. The summed E-state index contributed by atoms with van der Waals surface area (Å²) in [6.07, 6.45) is 3.28. The molecule has 2 nitrogen and oxygen atoms in total. The summed E-state index contributed by atoms with van der Waals surface area (Å²) in [5.74, 6) is 0. The maximum Gasteiger partial charge on any atom is 0.0702 e. The molecule has 0 saturated carbocycles. The zero-order valence-corrected chi connectivity index (χ0v) is 10.2. The van der Waals surface area contributed by atoms with Crippen molar-refractivity contribution in [2.75, 3.05) is 18.0 Å². The fraction of sp³-hybridized carbons (Fsp3) is 0.385. The molecule has 1 aliphatic rings. The van der Waals surface area contributed by atoms with Crippen LogP contribution in [-0.2, 0) is 6.61 Å². The first-order valence-corrected chi connectivity index (χ1v) is 5.89. The normalized spacial score (nSPS) is 16.2. The van der Waals surface area contributed by atoms with E-state index < -0.39 is 0 Å². The lowest BCUT2D eigenvalue weighted by atomic mass is 10.1. The third kappa shape index (κ3) is 2.23. The van der Waals surface area contributed by atoms with Crippen LogP contribution >= 0.6 is 11.6 Å². The molecule has 2 rings (SSSR count). The molecule has 1 heterocycles. The zero-order chi connectivity index (χ0) is 11.5. The molecule has 3 heteroatoms. The summed E-state index contributed by atoms with van der Waals surface area (Å²) in [5, 5.41) is 10.0. The second-order valence-electron chi connectivity index (χ2n) is 4.15. The van der Waals surface area contributed by atoms with E-state index in [0.29, 0.717) is 0 Å². The number of para-hydroxylation sites is 1. The van der Waals surface area contributed by atoms with Crippen LogP contribution in [0.1, 0.15) is 18.9 Å². The number of nitrogens with zero attached hydrogens (tertiary/aromatic N) is 1. The van der Waals surface area contributed by atoms with Crippen molar-refractivity contribution < 1.29 is 5.11 Å². The van der Waals surface area contributed by atoms with Crippen molar-refractivity contribution in [2.24, 2.45) is 0 Å². The predicted octanol–water partition coefficient (Wildman–Crippen LogP) is 2.99. The second kappa shape index (κ2) is 4.89. The third-order valence-electron chi connectivity index (χ3n) is 2.99. The van der Waals surface area contributed by atoms with Crippen LogP contribution in [0.5, 0.6) is 0 Å². The number of rotatable bonds is 2. The van der Waals surface area contributed by atoms with Crippen molar-refractivity contribution >= 4 is 17.3 Å². The molecule has 1 N–H and O–H groups in total. The van der Waals surface area contributed by atoms with Gasteiger partial charge in [0.25, 0.3) is 0 Å². The van der Waals surface area contributed by atoms with Gasteiger partial charge in [-0.15, -0.1) is 0 Å². The van der Waals surface area contributed by atoms with Gasteiger partial charge < -0.3 is 10.0 Å². The van der Waals surface area contributed by atoms with Crippen LogP contribution < -0.4 is 4.90 Å². The lowest BCUT2D eigenvalue weighted by Gasteiger charge is -2.30. The summed E-state index contributed by atoms with van der Waals surface area (Å²) < 4.78 is 0. The molecule has 0 fully saturated rings. The van der Waals surface area contributed by atoms with Gasteiger partial charge in [0.15, 0.2) is 0 Å². The molecule has 1 aromatic rings. The highest BCUT2D eigenvalue weighted by molar-refractivity contribution is 6.33. The molecule has 0 aliphatic carbocycles. The monoisotopic (exact) mass is 237 g/mol. The van der Waals surface area contributed by atoms with Crippen molar-refractivity contribution in [3.05, 3.63) is 40.4 Å². The maximum atomic E-state index is 9.32. The molecule has 0 unspecified atom stereocenters. The fourth-order valence-electron chi connectivity index (χ4n) is 2.02.